The molecule has 0 unspecified atom stereocenters. The van der Waals surface area contributed by atoms with Gasteiger partial charge in [-0.3, -0.25) is 19.2 Å². The largest absolute Gasteiger partial charge is 0.460 e. The number of Topliss-reactive ketones (excluding diaryl/α,β-unsaturated/α-hetero) is 2. The summed E-state index contributed by atoms with van der Waals surface area (Å²) in [7, 11) is 0. The van der Waals surface area contributed by atoms with Gasteiger partial charge in [-0.15, -0.1) is 0 Å². The number of nitrogens with one attached hydrogen (secondary N) is 1. The summed E-state index contributed by atoms with van der Waals surface area (Å²) in [5, 5.41) is 27.2. The van der Waals surface area contributed by atoms with Crippen LogP contribution in [0.15, 0.2) is 12.2 Å². The number of hydrogen-bond acceptors (Lipinski definition) is 8. The van der Waals surface area contributed by atoms with Crippen LogP contribution in [-0.4, -0.2) is 64.3 Å². The highest BCUT2D eigenvalue weighted by molar-refractivity contribution is 6.06. The molecule has 8 atom stereocenters. The van der Waals surface area contributed by atoms with Gasteiger partial charge in [0.15, 0.2) is 5.78 Å². The van der Waals surface area contributed by atoms with Crippen molar-refractivity contribution >= 4 is 23.4 Å². The molecule has 9 heteroatoms. The van der Waals surface area contributed by atoms with Gasteiger partial charge in [-0.25, -0.2) is 0 Å². The smallest absolute Gasteiger partial charge is 0.309 e. The minimum absolute atomic E-state index is 0.0176. The topological polar surface area (TPSA) is 139 Å². The Morgan fingerprint density at radius 2 is 1.73 bits per heavy atom. The van der Waals surface area contributed by atoms with Crippen LogP contribution < -0.4 is 5.32 Å². The van der Waals surface area contributed by atoms with Gasteiger partial charge in [0.1, 0.15) is 23.4 Å². The number of carbonyl (C=O) groups excluding carboxylic acids is 4. The van der Waals surface area contributed by atoms with Crippen molar-refractivity contribution in [3.8, 4) is 0 Å². The second kappa shape index (κ2) is 8.96. The molecule has 5 aliphatic carbocycles. The third kappa shape index (κ3) is 3.57. The molecule has 7 fully saturated rings. The van der Waals surface area contributed by atoms with Crippen molar-refractivity contribution in [1.29, 1.82) is 0 Å². The van der Waals surface area contributed by atoms with E-state index in [0.29, 0.717) is 51.4 Å². The van der Waals surface area contributed by atoms with Crippen molar-refractivity contribution in [2.75, 3.05) is 6.61 Å². The summed E-state index contributed by atoms with van der Waals surface area (Å²) in [5.41, 5.74) is -3.62. The van der Waals surface area contributed by atoms with Gasteiger partial charge in [-0.1, -0.05) is 41.2 Å². The summed E-state index contributed by atoms with van der Waals surface area (Å²) >= 11 is 0. The van der Waals surface area contributed by atoms with Crippen LogP contribution in [0.3, 0.4) is 0 Å². The highest BCUT2D eigenvalue weighted by Crippen LogP contribution is 2.76. The van der Waals surface area contributed by atoms with Crippen LogP contribution in [0.1, 0.15) is 86.0 Å². The molecule has 2 aliphatic heterocycles. The summed E-state index contributed by atoms with van der Waals surface area (Å²) in [5.74, 6) is -5.41. The lowest BCUT2D eigenvalue weighted by Gasteiger charge is -2.73. The van der Waals surface area contributed by atoms with E-state index in [4.69, 9.17) is 9.47 Å². The Balaban J connectivity index is 1.31. The van der Waals surface area contributed by atoms with Gasteiger partial charge in [-0.2, -0.15) is 0 Å². The molecule has 7 aliphatic rings. The number of ketones is 2. The van der Waals surface area contributed by atoms with Gasteiger partial charge >= 0.3 is 5.97 Å². The van der Waals surface area contributed by atoms with Crippen molar-refractivity contribution in [2.24, 2.45) is 45.3 Å². The molecule has 0 aromatic heterocycles. The number of carbonyl (C=O) groups is 4. The van der Waals surface area contributed by atoms with Crippen LogP contribution in [0.2, 0.25) is 0 Å². The molecule has 9 nitrogen and oxygen atoms in total. The standard InChI is InChI=1S/C32H45NO8/c1-16-19-11-12-20-30-15-40-32(39,24(36)22(30)29(5,6)14-13-21(30)34)31(20,23(16)35)25(19)41-26(37)17-7-9-18(10-8-17)33-27(38)28(2,3)4/h17-20,22,24-25,36,39H,1,7-15H2,2-6H3,(H,33,38)/t17?,18?,19-,20-,22+,24-,25+,30+,31-,32+/m0/s1. The Morgan fingerprint density at radius 3 is 2.37 bits per heavy atom. The molecule has 3 N–H and O–H groups in total. The summed E-state index contributed by atoms with van der Waals surface area (Å²) in [6.45, 7) is 13.6. The zero-order valence-electron chi connectivity index (χ0n) is 25.0. The van der Waals surface area contributed by atoms with Crippen LogP contribution in [0.5, 0.6) is 0 Å². The first-order valence-corrected chi connectivity index (χ1v) is 15.4. The first kappa shape index (κ1) is 29.0. The molecule has 0 radical (unpaired) electrons. The second-order valence-electron chi connectivity index (χ2n) is 15.4. The molecule has 5 saturated carbocycles. The highest BCUT2D eigenvalue weighted by Gasteiger charge is 2.88. The maximum atomic E-state index is 14.2. The van der Waals surface area contributed by atoms with E-state index in [0.717, 1.165) is 0 Å². The van der Waals surface area contributed by atoms with E-state index in [-0.39, 0.29) is 29.9 Å². The first-order valence-electron chi connectivity index (χ1n) is 15.4. The summed E-state index contributed by atoms with van der Waals surface area (Å²) in [4.78, 5) is 54.2. The van der Waals surface area contributed by atoms with Crippen LogP contribution >= 0.6 is 0 Å². The summed E-state index contributed by atoms with van der Waals surface area (Å²) in [6, 6.07) is -0.0176. The normalized spacial score (nSPS) is 46.5. The Labute approximate surface area is 241 Å². The van der Waals surface area contributed by atoms with Crippen LogP contribution in [0, 0.1) is 45.3 Å². The van der Waals surface area contributed by atoms with E-state index in [9.17, 15) is 29.4 Å². The molecule has 41 heavy (non-hydrogen) atoms. The SMILES string of the molecule is C=C1C(=O)[C@]23[C@H](OC(=O)C4CCC(NC(=O)C(C)(C)C)CC4)[C@H]1CC[C@H]2[C@@]12CO[C@]3(O)[C@@H](O)[C@@H]1C(C)(C)CCC2=O. The molecule has 4 bridgehead atoms. The van der Waals surface area contributed by atoms with E-state index < -0.39 is 75.1 Å². The van der Waals surface area contributed by atoms with Gasteiger partial charge in [-0.05, 0) is 61.9 Å². The number of hydrogen-bond donors (Lipinski definition) is 3. The fourth-order valence-electron chi connectivity index (χ4n) is 9.86. The van der Waals surface area contributed by atoms with E-state index >= 15 is 0 Å². The maximum Gasteiger partial charge on any atom is 0.309 e. The predicted molar refractivity (Wildman–Crippen MR) is 147 cm³/mol. The van der Waals surface area contributed by atoms with E-state index in [2.05, 4.69) is 11.9 Å². The number of amides is 1. The number of esters is 1. The van der Waals surface area contributed by atoms with Gasteiger partial charge < -0.3 is 25.0 Å². The molecular formula is C32H45NO8. The van der Waals surface area contributed by atoms with Crippen LogP contribution in [0.4, 0.5) is 0 Å². The fourth-order valence-corrected chi connectivity index (χ4v) is 9.86. The zero-order valence-corrected chi connectivity index (χ0v) is 25.0. The van der Waals surface area contributed by atoms with Crippen LogP contribution in [0.25, 0.3) is 0 Å². The van der Waals surface area contributed by atoms with Crippen molar-refractivity contribution in [3.05, 3.63) is 12.2 Å². The number of aliphatic hydroxyl groups is 2. The van der Waals surface area contributed by atoms with Gasteiger partial charge in [0.05, 0.1) is 17.9 Å². The van der Waals surface area contributed by atoms with Gasteiger partial charge in [0.25, 0.3) is 0 Å². The Hall–Kier alpha value is -2.10. The van der Waals surface area contributed by atoms with E-state index in [1.807, 2.05) is 34.6 Å². The Kier molecular flexibility index (Phi) is 6.33. The third-order valence-corrected chi connectivity index (χ3v) is 11.9. The molecule has 226 valence electrons. The minimum Gasteiger partial charge on any atom is -0.460 e. The molecular weight excluding hydrogens is 526 g/mol. The fraction of sp³-hybridized carbons (Fsp3) is 0.812. The van der Waals surface area contributed by atoms with Gasteiger partial charge in [0.2, 0.25) is 11.7 Å². The van der Waals surface area contributed by atoms with Crippen molar-refractivity contribution in [2.45, 2.75) is 110 Å². The lowest BCUT2D eigenvalue weighted by atomic mass is 9.36. The molecule has 0 aromatic rings. The van der Waals surface area contributed by atoms with Crippen molar-refractivity contribution in [3.63, 3.8) is 0 Å². The minimum atomic E-state index is -2.30. The number of ether oxygens (including phenoxy) is 2. The lowest BCUT2D eigenvalue weighted by Crippen LogP contribution is -2.85. The number of aliphatic hydroxyl groups excluding tert-OH is 1. The highest BCUT2D eigenvalue weighted by atomic mass is 16.6. The zero-order chi connectivity index (χ0) is 29.9. The van der Waals surface area contributed by atoms with E-state index in [1.165, 1.54) is 0 Å². The molecule has 1 amide bonds. The molecule has 7 rings (SSSR count). The van der Waals surface area contributed by atoms with Crippen molar-refractivity contribution in [1.82, 2.24) is 5.32 Å². The van der Waals surface area contributed by atoms with Crippen molar-refractivity contribution < 1.29 is 38.9 Å². The monoisotopic (exact) mass is 571 g/mol. The molecule has 2 heterocycles. The second-order valence-corrected chi connectivity index (χ2v) is 15.4. The average molecular weight is 572 g/mol. The summed E-state index contributed by atoms with van der Waals surface area (Å²) in [6.07, 6.45) is 1.63. The maximum absolute atomic E-state index is 14.2. The summed E-state index contributed by atoms with van der Waals surface area (Å²) < 4.78 is 12.3. The van der Waals surface area contributed by atoms with E-state index in [1.54, 1.807) is 0 Å². The Morgan fingerprint density at radius 1 is 1.07 bits per heavy atom. The Bertz CT molecular complexity index is 1210. The van der Waals surface area contributed by atoms with Gasteiger partial charge in [0, 0.05) is 29.7 Å². The quantitative estimate of drug-likeness (QED) is 0.347. The van der Waals surface area contributed by atoms with Crippen LogP contribution in [-0.2, 0) is 28.7 Å². The third-order valence-electron chi connectivity index (χ3n) is 11.9. The molecule has 0 aromatic carbocycles. The predicted octanol–water partition coefficient (Wildman–Crippen LogP) is 2.86. The number of rotatable bonds is 3. The molecule has 2 spiro atoms. The lowest BCUT2D eigenvalue weighted by molar-refractivity contribution is -0.437. The average Bonchev–Trinajstić information content (AvgIpc) is 3.01. The number of fused-ring (bicyclic) bond motifs is 2. The first-order chi connectivity index (χ1) is 19.0. The molecule has 2 saturated heterocycles.